The second kappa shape index (κ2) is 7.48. The van der Waals surface area contributed by atoms with E-state index in [1.165, 1.54) is 10.0 Å². The summed E-state index contributed by atoms with van der Waals surface area (Å²) in [6, 6.07) is 0. The van der Waals surface area contributed by atoms with Crippen LogP contribution < -0.4 is 24.8 Å². The summed E-state index contributed by atoms with van der Waals surface area (Å²) in [5.74, 6) is 1.90. The van der Waals surface area contributed by atoms with Crippen molar-refractivity contribution in [3.8, 4) is 0 Å². The van der Waals surface area contributed by atoms with Crippen molar-refractivity contribution in [2.45, 2.75) is 29.6 Å². The largest absolute Gasteiger partial charge is 1.00 e. The monoisotopic (exact) mass is 337 g/mol. The van der Waals surface area contributed by atoms with E-state index in [4.69, 9.17) is 0 Å². The zero-order chi connectivity index (χ0) is 9.26. The van der Waals surface area contributed by atoms with Gasteiger partial charge in [-0.15, -0.1) is 0 Å². The molecule has 0 N–H and O–H groups in total. The molecule has 0 radical (unpaired) electrons. The number of hydrogen-bond acceptors (Lipinski definition) is 0. The van der Waals surface area contributed by atoms with Crippen molar-refractivity contribution in [2.24, 2.45) is 11.8 Å². The molecule has 83 valence electrons. The van der Waals surface area contributed by atoms with Gasteiger partial charge in [0.05, 0.1) is 0 Å². The molecule has 0 nitrogen and oxygen atoms in total. The Kier molecular flexibility index (Phi) is 8.06. The van der Waals surface area contributed by atoms with Gasteiger partial charge in [0, 0.05) is 0 Å². The van der Waals surface area contributed by atoms with Gasteiger partial charge in [0.15, 0.2) is 0 Å². The van der Waals surface area contributed by atoms with Gasteiger partial charge < -0.3 is 24.8 Å². The van der Waals surface area contributed by atoms with Crippen molar-refractivity contribution < 1.29 is 46.7 Å². The third-order valence-corrected chi connectivity index (χ3v) is 12.6. The molecule has 2 aliphatic rings. The summed E-state index contributed by atoms with van der Waals surface area (Å²) in [4.78, 5) is 0. The van der Waals surface area contributed by atoms with Crippen LogP contribution in [0.25, 0.3) is 0 Å². The topological polar surface area (TPSA) is 0 Å². The van der Waals surface area contributed by atoms with Gasteiger partial charge in [-0.25, -0.2) is 0 Å². The molecular formula is C11H17Cl2SiZr. The average molecular weight is 339 g/mol. The van der Waals surface area contributed by atoms with Crippen LogP contribution in [0.1, 0.15) is 12.8 Å². The van der Waals surface area contributed by atoms with Crippen molar-refractivity contribution in [3.05, 3.63) is 24.3 Å². The second-order valence-electron chi connectivity index (χ2n) is 4.34. The van der Waals surface area contributed by atoms with E-state index in [0.717, 1.165) is 11.8 Å². The minimum Gasteiger partial charge on any atom is -1.00 e. The van der Waals surface area contributed by atoms with Crippen LogP contribution in [0.3, 0.4) is 0 Å². The SMILES string of the molecule is C[Si](C)=[Zr+2][CH]1CCC2C=CC=CC21.[Cl-].[Cl-]. The molecule has 4 heteroatoms. The molecule has 2 aliphatic carbocycles. The fraction of sp³-hybridized carbons (Fsp3) is 0.636. The molecular weight excluding hydrogens is 322 g/mol. The van der Waals surface area contributed by atoms with Crippen LogP contribution in [0.2, 0.25) is 16.7 Å². The normalized spacial score (nSPS) is 30.9. The van der Waals surface area contributed by atoms with Crippen LogP contribution in [0.15, 0.2) is 24.3 Å². The summed E-state index contributed by atoms with van der Waals surface area (Å²) in [5.41, 5.74) is 0.145. The van der Waals surface area contributed by atoms with Crippen molar-refractivity contribution in [3.63, 3.8) is 0 Å². The molecule has 0 aromatic carbocycles. The minimum absolute atomic E-state index is 0. The molecule has 0 aromatic rings. The summed E-state index contributed by atoms with van der Waals surface area (Å²) in [7, 11) is 0. The maximum Gasteiger partial charge on any atom is -1.00 e. The van der Waals surface area contributed by atoms with E-state index in [1.807, 2.05) is 0 Å². The molecule has 3 unspecified atom stereocenters. The second-order valence-corrected chi connectivity index (χ2v) is 18.0. The van der Waals surface area contributed by atoms with Crippen LogP contribution in [-0.2, 0) is 21.9 Å². The Labute approximate surface area is 117 Å². The van der Waals surface area contributed by atoms with Gasteiger partial charge in [0.2, 0.25) is 0 Å². The molecule has 0 spiro atoms. The Bertz CT molecular complexity index is 282. The summed E-state index contributed by atoms with van der Waals surface area (Å²) < 4.78 is 1.18. The standard InChI is InChI=1S/C9H11.C2H6Si.2ClH.Zr/c1-2-5-9-7-3-6-8(9)4-1;1-3-2;;;/h1-2,4-6,8-9H,3,7H2;1-2H3;2*1H;/q;;;;+2/p-2. The van der Waals surface area contributed by atoms with Gasteiger partial charge in [-0.2, -0.15) is 0 Å². The van der Waals surface area contributed by atoms with Crippen LogP contribution in [0.4, 0.5) is 0 Å². The Hall–Kier alpha value is 1.16. The fourth-order valence-electron chi connectivity index (χ4n) is 2.50. The third-order valence-electron chi connectivity index (χ3n) is 3.05. The van der Waals surface area contributed by atoms with Crippen LogP contribution in [-0.4, -0.2) is 5.43 Å². The zero-order valence-electron chi connectivity index (χ0n) is 9.21. The van der Waals surface area contributed by atoms with Crippen molar-refractivity contribution in [2.75, 3.05) is 0 Å². The molecule has 1 fully saturated rings. The minimum atomic E-state index is -0.00514. The summed E-state index contributed by atoms with van der Waals surface area (Å²) in [6.45, 7) is 5.04. The Morgan fingerprint density at radius 1 is 1.07 bits per heavy atom. The Morgan fingerprint density at radius 3 is 2.40 bits per heavy atom. The molecule has 0 aliphatic heterocycles. The predicted molar refractivity (Wildman–Crippen MR) is 55.7 cm³/mol. The number of fused-ring (bicyclic) bond motifs is 1. The molecule has 15 heavy (non-hydrogen) atoms. The van der Waals surface area contributed by atoms with Gasteiger partial charge in [0.25, 0.3) is 0 Å². The summed E-state index contributed by atoms with van der Waals surface area (Å²) >= 11 is -0.00514. The van der Waals surface area contributed by atoms with E-state index in [2.05, 4.69) is 37.4 Å². The molecule has 0 bridgehead atoms. The van der Waals surface area contributed by atoms with E-state index in [0.29, 0.717) is 0 Å². The first-order valence-corrected chi connectivity index (χ1v) is 12.8. The molecule has 0 aromatic heterocycles. The molecule has 3 atom stereocenters. The maximum atomic E-state index is 2.52. The number of rotatable bonds is 1. The number of allylic oxidation sites excluding steroid dienone is 4. The predicted octanol–water partition coefficient (Wildman–Crippen LogP) is -2.73. The fourth-order valence-corrected chi connectivity index (χ4v) is 12.8. The smallest absolute Gasteiger partial charge is 1.00 e. The Morgan fingerprint density at radius 2 is 1.73 bits per heavy atom. The first kappa shape index (κ1) is 16.2. The van der Waals surface area contributed by atoms with Gasteiger partial charge in [0.1, 0.15) is 0 Å². The van der Waals surface area contributed by atoms with E-state index in [9.17, 15) is 0 Å². The average Bonchev–Trinajstić information content (AvgIpc) is 2.48. The van der Waals surface area contributed by atoms with Gasteiger partial charge in [-0.05, 0) is 0 Å². The van der Waals surface area contributed by atoms with Crippen molar-refractivity contribution in [1.29, 1.82) is 0 Å². The van der Waals surface area contributed by atoms with Crippen LogP contribution in [0.5, 0.6) is 0 Å². The van der Waals surface area contributed by atoms with E-state index in [-0.39, 0.29) is 52.1 Å². The van der Waals surface area contributed by atoms with Gasteiger partial charge >= 0.3 is 93.0 Å². The van der Waals surface area contributed by atoms with Crippen LogP contribution >= 0.6 is 0 Å². The van der Waals surface area contributed by atoms with Crippen LogP contribution in [0, 0.1) is 11.8 Å². The molecule has 0 heterocycles. The van der Waals surface area contributed by atoms with Crippen molar-refractivity contribution in [1.82, 2.24) is 0 Å². The summed E-state index contributed by atoms with van der Waals surface area (Å²) in [5, 5.41) is 0. The number of hydrogen-bond donors (Lipinski definition) is 0. The molecule has 2 rings (SSSR count). The van der Waals surface area contributed by atoms with Crippen molar-refractivity contribution >= 4 is 5.43 Å². The van der Waals surface area contributed by atoms with E-state index < -0.39 is 0 Å². The zero-order valence-corrected chi connectivity index (χ0v) is 14.2. The Balaban J connectivity index is 0.000000980. The number of halogens is 2. The first-order chi connectivity index (χ1) is 6.27. The molecule has 1 saturated carbocycles. The third kappa shape index (κ3) is 4.15. The van der Waals surface area contributed by atoms with Gasteiger partial charge in [-0.3, -0.25) is 0 Å². The van der Waals surface area contributed by atoms with Gasteiger partial charge in [-0.1, -0.05) is 0 Å². The summed E-state index contributed by atoms with van der Waals surface area (Å²) in [6.07, 6.45) is 12.5. The maximum absolute atomic E-state index is 2.52. The quantitative estimate of drug-likeness (QED) is 0.455. The molecule has 0 saturated heterocycles. The first-order valence-electron chi connectivity index (χ1n) is 5.19. The van der Waals surface area contributed by atoms with E-state index >= 15 is 0 Å². The molecule has 0 amide bonds. The van der Waals surface area contributed by atoms with E-state index in [1.54, 1.807) is 6.42 Å².